The van der Waals surface area contributed by atoms with E-state index in [9.17, 15) is 19.5 Å². The Morgan fingerprint density at radius 2 is 2.07 bits per heavy atom. The van der Waals surface area contributed by atoms with E-state index < -0.39 is 17.9 Å². The maximum Gasteiger partial charge on any atom is 0.305 e. The molecule has 1 fully saturated rings. The molecule has 2 atom stereocenters. The van der Waals surface area contributed by atoms with Crippen LogP contribution in [-0.2, 0) is 20.9 Å². The van der Waals surface area contributed by atoms with E-state index in [0.717, 1.165) is 11.1 Å². The Morgan fingerprint density at radius 3 is 2.74 bits per heavy atom. The summed E-state index contributed by atoms with van der Waals surface area (Å²) in [7, 11) is 0. The van der Waals surface area contributed by atoms with Crippen molar-refractivity contribution in [3.63, 3.8) is 0 Å². The van der Waals surface area contributed by atoms with Crippen molar-refractivity contribution in [2.45, 2.75) is 32.4 Å². The van der Waals surface area contributed by atoms with Crippen LogP contribution in [0, 0.1) is 12.8 Å². The van der Waals surface area contributed by atoms with Crippen molar-refractivity contribution in [2.75, 3.05) is 6.54 Å². The molecule has 27 heavy (non-hydrogen) atoms. The van der Waals surface area contributed by atoms with E-state index in [1.807, 2.05) is 31.2 Å². The summed E-state index contributed by atoms with van der Waals surface area (Å²) < 4.78 is 5.26. The summed E-state index contributed by atoms with van der Waals surface area (Å²) >= 11 is 0. The first kappa shape index (κ1) is 18.7. The van der Waals surface area contributed by atoms with Gasteiger partial charge in [-0.15, -0.1) is 0 Å². The lowest BCUT2D eigenvalue weighted by Crippen LogP contribution is -2.36. The second-order valence-corrected chi connectivity index (χ2v) is 6.77. The molecule has 1 aromatic carbocycles. The standard InChI is InChI=1S/C20H22N2O5/c1-13-5-2-3-7-16(13)17(10-19(24)25)21-20(26)14-9-18(23)22(11-14)12-15-6-4-8-27-15/h2-8,14,17H,9-12H2,1H3,(H,21,26)(H,24,25)/t14-,17-/m0/s1. The highest BCUT2D eigenvalue weighted by Crippen LogP contribution is 2.24. The smallest absolute Gasteiger partial charge is 0.305 e. The third-order valence-electron chi connectivity index (χ3n) is 4.77. The zero-order valence-electron chi connectivity index (χ0n) is 15.1. The number of carbonyl (C=O) groups excluding carboxylic acids is 2. The first-order chi connectivity index (χ1) is 12.9. The lowest BCUT2D eigenvalue weighted by Gasteiger charge is -2.21. The van der Waals surface area contributed by atoms with Crippen LogP contribution in [0.2, 0.25) is 0 Å². The Hall–Kier alpha value is -3.09. The number of carbonyl (C=O) groups is 3. The van der Waals surface area contributed by atoms with Crippen molar-refractivity contribution in [1.29, 1.82) is 0 Å². The molecule has 2 aromatic rings. The van der Waals surface area contributed by atoms with Crippen LogP contribution < -0.4 is 5.32 Å². The van der Waals surface area contributed by atoms with E-state index in [1.165, 1.54) is 0 Å². The number of nitrogens with one attached hydrogen (secondary N) is 1. The van der Waals surface area contributed by atoms with Gasteiger partial charge in [-0.3, -0.25) is 14.4 Å². The molecule has 7 heteroatoms. The fourth-order valence-corrected chi connectivity index (χ4v) is 3.37. The second kappa shape index (κ2) is 8.07. The number of aliphatic carboxylic acids is 1. The number of likely N-dealkylation sites (tertiary alicyclic amines) is 1. The van der Waals surface area contributed by atoms with Gasteiger partial charge < -0.3 is 19.7 Å². The maximum atomic E-state index is 12.7. The number of amides is 2. The average molecular weight is 370 g/mol. The van der Waals surface area contributed by atoms with Crippen LogP contribution in [-0.4, -0.2) is 34.3 Å². The largest absolute Gasteiger partial charge is 0.481 e. The first-order valence-corrected chi connectivity index (χ1v) is 8.82. The lowest BCUT2D eigenvalue weighted by atomic mass is 9.97. The summed E-state index contributed by atoms with van der Waals surface area (Å²) in [6.45, 7) is 2.49. The van der Waals surface area contributed by atoms with Crippen LogP contribution in [0.15, 0.2) is 47.1 Å². The molecule has 1 aliphatic rings. The van der Waals surface area contributed by atoms with Gasteiger partial charge in [0, 0.05) is 13.0 Å². The summed E-state index contributed by atoms with van der Waals surface area (Å²) in [6.07, 6.45) is 1.44. The van der Waals surface area contributed by atoms with Gasteiger partial charge in [-0.1, -0.05) is 24.3 Å². The van der Waals surface area contributed by atoms with Crippen molar-refractivity contribution < 1.29 is 23.9 Å². The van der Waals surface area contributed by atoms with Gasteiger partial charge >= 0.3 is 5.97 Å². The molecule has 0 unspecified atom stereocenters. The summed E-state index contributed by atoms with van der Waals surface area (Å²) in [5.41, 5.74) is 1.68. The number of benzene rings is 1. The number of hydrogen-bond donors (Lipinski definition) is 2. The molecule has 0 aliphatic carbocycles. The quantitative estimate of drug-likeness (QED) is 0.779. The number of rotatable bonds is 7. The minimum atomic E-state index is -0.995. The van der Waals surface area contributed by atoms with Crippen molar-refractivity contribution in [3.05, 3.63) is 59.5 Å². The molecular weight excluding hydrogens is 348 g/mol. The average Bonchev–Trinajstić information content (AvgIpc) is 3.25. The van der Waals surface area contributed by atoms with Crippen LogP contribution in [0.1, 0.15) is 35.8 Å². The van der Waals surface area contributed by atoms with Crippen molar-refractivity contribution in [3.8, 4) is 0 Å². The summed E-state index contributed by atoms with van der Waals surface area (Å²) in [5.74, 6) is -1.26. The minimum Gasteiger partial charge on any atom is -0.481 e. The zero-order valence-corrected chi connectivity index (χ0v) is 15.1. The molecule has 142 valence electrons. The zero-order chi connectivity index (χ0) is 19.4. The van der Waals surface area contributed by atoms with E-state index in [-0.39, 0.29) is 24.7 Å². The normalized spacial score (nSPS) is 17.7. The highest BCUT2D eigenvalue weighted by Gasteiger charge is 2.35. The molecule has 7 nitrogen and oxygen atoms in total. The number of aryl methyl sites for hydroxylation is 1. The second-order valence-electron chi connectivity index (χ2n) is 6.77. The topological polar surface area (TPSA) is 99.8 Å². The van der Waals surface area contributed by atoms with Gasteiger partial charge in [0.05, 0.1) is 31.2 Å². The van der Waals surface area contributed by atoms with Gasteiger partial charge in [0.2, 0.25) is 11.8 Å². The minimum absolute atomic E-state index is 0.111. The first-order valence-electron chi connectivity index (χ1n) is 8.82. The van der Waals surface area contributed by atoms with Gasteiger partial charge in [-0.25, -0.2) is 0 Å². The Labute approximate surface area is 157 Å². The molecular formula is C20H22N2O5. The fraction of sp³-hybridized carbons (Fsp3) is 0.350. The molecule has 2 amide bonds. The van der Waals surface area contributed by atoms with Gasteiger partial charge in [0.1, 0.15) is 5.76 Å². The molecule has 1 saturated heterocycles. The third-order valence-corrected chi connectivity index (χ3v) is 4.77. The van der Waals surface area contributed by atoms with Crippen LogP contribution in [0.25, 0.3) is 0 Å². The fourth-order valence-electron chi connectivity index (χ4n) is 3.37. The Bertz CT molecular complexity index is 831. The summed E-state index contributed by atoms with van der Waals surface area (Å²) in [4.78, 5) is 37.8. The molecule has 1 aliphatic heterocycles. The Kier molecular flexibility index (Phi) is 5.59. The number of furan rings is 1. The van der Waals surface area contributed by atoms with Gasteiger partial charge in [0.25, 0.3) is 0 Å². The van der Waals surface area contributed by atoms with E-state index >= 15 is 0 Å². The highest BCUT2D eigenvalue weighted by atomic mass is 16.4. The van der Waals surface area contributed by atoms with Gasteiger partial charge in [-0.05, 0) is 30.2 Å². The maximum absolute atomic E-state index is 12.7. The molecule has 0 radical (unpaired) electrons. The molecule has 2 heterocycles. The molecule has 0 bridgehead atoms. The summed E-state index contributed by atoms with van der Waals surface area (Å²) in [5, 5.41) is 12.0. The van der Waals surface area contributed by atoms with Crippen LogP contribution in [0.5, 0.6) is 0 Å². The molecule has 0 spiro atoms. The van der Waals surface area contributed by atoms with Crippen molar-refractivity contribution >= 4 is 17.8 Å². The van der Waals surface area contributed by atoms with Crippen molar-refractivity contribution in [1.82, 2.24) is 10.2 Å². The van der Waals surface area contributed by atoms with Crippen LogP contribution in [0.4, 0.5) is 0 Å². The highest BCUT2D eigenvalue weighted by molar-refractivity contribution is 5.89. The van der Waals surface area contributed by atoms with Crippen LogP contribution in [0.3, 0.4) is 0 Å². The Morgan fingerprint density at radius 1 is 1.30 bits per heavy atom. The van der Waals surface area contributed by atoms with Gasteiger partial charge in [-0.2, -0.15) is 0 Å². The van der Waals surface area contributed by atoms with Crippen molar-refractivity contribution in [2.24, 2.45) is 5.92 Å². The molecule has 2 N–H and O–H groups in total. The number of hydrogen-bond acceptors (Lipinski definition) is 4. The lowest BCUT2D eigenvalue weighted by molar-refractivity contribution is -0.138. The third kappa shape index (κ3) is 4.55. The predicted octanol–water partition coefficient (Wildman–Crippen LogP) is 2.27. The van der Waals surface area contributed by atoms with Crippen LogP contribution >= 0.6 is 0 Å². The SMILES string of the molecule is Cc1ccccc1[C@H](CC(=O)O)NC(=O)[C@H]1CC(=O)N(Cc2ccco2)C1. The molecule has 1 aromatic heterocycles. The summed E-state index contributed by atoms with van der Waals surface area (Å²) in [6, 6.07) is 10.3. The van der Waals surface area contributed by atoms with Gasteiger partial charge in [0.15, 0.2) is 0 Å². The Balaban J connectivity index is 1.68. The molecule has 3 rings (SSSR count). The predicted molar refractivity (Wildman–Crippen MR) is 96.5 cm³/mol. The monoisotopic (exact) mass is 370 g/mol. The number of nitrogens with zero attached hydrogens (tertiary/aromatic N) is 1. The number of carboxylic acids is 1. The van der Waals surface area contributed by atoms with E-state index in [2.05, 4.69) is 5.32 Å². The van der Waals surface area contributed by atoms with E-state index in [1.54, 1.807) is 23.3 Å². The molecule has 0 saturated carbocycles. The van der Waals surface area contributed by atoms with E-state index in [4.69, 9.17) is 4.42 Å². The number of carboxylic acid groups (broad SMARTS) is 1. The van der Waals surface area contributed by atoms with E-state index in [0.29, 0.717) is 18.8 Å².